The number of halogens is 2. The molecule has 0 unspecified atom stereocenters. The molecule has 0 spiro atoms. The summed E-state index contributed by atoms with van der Waals surface area (Å²) >= 11 is 3.13. The molecule has 0 saturated heterocycles. The van der Waals surface area contributed by atoms with Gasteiger partial charge in [0.1, 0.15) is 5.82 Å². The highest BCUT2D eigenvalue weighted by Gasteiger charge is 2.34. The molecule has 1 aliphatic carbocycles. The van der Waals surface area contributed by atoms with E-state index in [1.54, 1.807) is 18.2 Å². The van der Waals surface area contributed by atoms with Crippen LogP contribution in [0.15, 0.2) is 34.8 Å². The summed E-state index contributed by atoms with van der Waals surface area (Å²) in [6, 6.07) is 4.28. The number of carboxylic acids is 1. The van der Waals surface area contributed by atoms with Gasteiger partial charge in [0.05, 0.1) is 17.5 Å². The van der Waals surface area contributed by atoms with Crippen molar-refractivity contribution >= 4 is 33.5 Å². The van der Waals surface area contributed by atoms with E-state index in [-0.39, 0.29) is 5.69 Å². The van der Waals surface area contributed by atoms with Crippen LogP contribution in [0.25, 0.3) is 0 Å². The number of hydrogen-bond donors (Lipinski definition) is 2. The second-order valence-corrected chi connectivity index (χ2v) is 5.52. The topological polar surface area (TPSA) is 66.4 Å². The Kier molecular flexibility index (Phi) is 4.54. The van der Waals surface area contributed by atoms with Crippen LogP contribution >= 0.6 is 15.9 Å². The first-order chi connectivity index (χ1) is 9.49. The zero-order valence-corrected chi connectivity index (χ0v) is 12.1. The molecule has 1 aromatic carbocycles. The molecule has 106 valence electrons. The van der Waals surface area contributed by atoms with Crippen molar-refractivity contribution in [2.45, 2.75) is 12.8 Å². The standard InChI is InChI=1S/C14H13BrFNO3/c15-8-5-6-12(11(16)7-8)17-13(18)9-3-1-2-4-10(9)14(19)20/h1-2,5-7,9-10H,3-4H2,(H,17,18)(H,19,20)/t9-,10-/m0/s1. The second-order valence-electron chi connectivity index (χ2n) is 4.61. The third-order valence-electron chi connectivity index (χ3n) is 3.28. The van der Waals surface area contributed by atoms with Crippen LogP contribution in [-0.4, -0.2) is 17.0 Å². The van der Waals surface area contributed by atoms with E-state index in [4.69, 9.17) is 5.11 Å². The molecular formula is C14H13BrFNO3. The van der Waals surface area contributed by atoms with Crippen LogP contribution < -0.4 is 5.32 Å². The third kappa shape index (κ3) is 3.25. The first kappa shape index (κ1) is 14.7. The van der Waals surface area contributed by atoms with Crippen LogP contribution in [0.5, 0.6) is 0 Å². The molecule has 4 nitrogen and oxygen atoms in total. The maximum Gasteiger partial charge on any atom is 0.307 e. The van der Waals surface area contributed by atoms with Crippen LogP contribution in [0.2, 0.25) is 0 Å². The van der Waals surface area contributed by atoms with E-state index in [1.165, 1.54) is 12.1 Å². The Labute approximate surface area is 123 Å². The predicted molar refractivity (Wildman–Crippen MR) is 75.7 cm³/mol. The lowest BCUT2D eigenvalue weighted by Crippen LogP contribution is -2.34. The summed E-state index contributed by atoms with van der Waals surface area (Å²) in [4.78, 5) is 23.3. The second kappa shape index (κ2) is 6.17. The average molecular weight is 342 g/mol. The van der Waals surface area contributed by atoms with E-state index in [0.29, 0.717) is 17.3 Å². The summed E-state index contributed by atoms with van der Waals surface area (Å²) in [5, 5.41) is 11.6. The lowest BCUT2D eigenvalue weighted by atomic mass is 9.82. The Morgan fingerprint density at radius 2 is 1.90 bits per heavy atom. The van der Waals surface area contributed by atoms with Crippen molar-refractivity contribution in [2.75, 3.05) is 5.32 Å². The molecule has 0 saturated carbocycles. The number of allylic oxidation sites excluding steroid dienone is 2. The third-order valence-corrected chi connectivity index (χ3v) is 3.77. The van der Waals surface area contributed by atoms with Gasteiger partial charge in [-0.05, 0) is 31.0 Å². The molecule has 0 fully saturated rings. The largest absolute Gasteiger partial charge is 0.481 e. The van der Waals surface area contributed by atoms with E-state index in [2.05, 4.69) is 21.2 Å². The maximum absolute atomic E-state index is 13.7. The van der Waals surface area contributed by atoms with E-state index in [9.17, 15) is 14.0 Å². The molecular weight excluding hydrogens is 329 g/mol. The number of benzene rings is 1. The van der Waals surface area contributed by atoms with Crippen molar-refractivity contribution in [3.8, 4) is 0 Å². The van der Waals surface area contributed by atoms with Gasteiger partial charge in [0.2, 0.25) is 5.91 Å². The van der Waals surface area contributed by atoms with Gasteiger partial charge in [-0.3, -0.25) is 9.59 Å². The Hall–Kier alpha value is -1.69. The van der Waals surface area contributed by atoms with E-state index in [0.717, 1.165) is 0 Å². The Morgan fingerprint density at radius 1 is 1.25 bits per heavy atom. The van der Waals surface area contributed by atoms with Gasteiger partial charge in [-0.1, -0.05) is 28.1 Å². The Balaban J connectivity index is 2.14. The zero-order valence-electron chi connectivity index (χ0n) is 10.5. The number of hydrogen-bond acceptors (Lipinski definition) is 2. The fraction of sp³-hybridized carbons (Fsp3) is 0.286. The summed E-state index contributed by atoms with van der Waals surface area (Å²) in [5.41, 5.74) is 0.0527. The minimum atomic E-state index is -1.01. The average Bonchev–Trinajstić information content (AvgIpc) is 2.41. The number of rotatable bonds is 3. The molecule has 20 heavy (non-hydrogen) atoms. The molecule has 6 heteroatoms. The molecule has 2 N–H and O–H groups in total. The van der Waals surface area contributed by atoms with Gasteiger partial charge in [0.25, 0.3) is 0 Å². The highest BCUT2D eigenvalue weighted by Crippen LogP contribution is 2.28. The van der Waals surface area contributed by atoms with Gasteiger partial charge >= 0.3 is 5.97 Å². The number of carbonyl (C=O) groups excluding carboxylic acids is 1. The van der Waals surface area contributed by atoms with Gasteiger partial charge in [-0.25, -0.2) is 4.39 Å². The van der Waals surface area contributed by atoms with E-state index >= 15 is 0 Å². The lowest BCUT2D eigenvalue weighted by Gasteiger charge is -2.24. The molecule has 0 heterocycles. The Bertz CT molecular complexity index is 574. The molecule has 2 atom stereocenters. The summed E-state index contributed by atoms with van der Waals surface area (Å²) in [6.45, 7) is 0. The number of aliphatic carboxylic acids is 1. The van der Waals surface area contributed by atoms with Crippen LogP contribution in [0.3, 0.4) is 0 Å². The Morgan fingerprint density at radius 3 is 2.50 bits per heavy atom. The van der Waals surface area contributed by atoms with Crippen molar-refractivity contribution in [3.63, 3.8) is 0 Å². The molecule has 1 aromatic rings. The van der Waals surface area contributed by atoms with Crippen molar-refractivity contribution in [3.05, 3.63) is 40.6 Å². The van der Waals surface area contributed by atoms with E-state index < -0.39 is 29.5 Å². The summed E-state index contributed by atoms with van der Waals surface area (Å²) < 4.78 is 14.2. The van der Waals surface area contributed by atoms with Gasteiger partial charge in [-0.2, -0.15) is 0 Å². The van der Waals surface area contributed by atoms with Crippen molar-refractivity contribution in [1.29, 1.82) is 0 Å². The minimum absolute atomic E-state index is 0.0527. The number of carbonyl (C=O) groups is 2. The molecule has 1 aliphatic rings. The van der Waals surface area contributed by atoms with Gasteiger partial charge in [-0.15, -0.1) is 0 Å². The fourth-order valence-corrected chi connectivity index (χ4v) is 2.53. The molecule has 0 bridgehead atoms. The first-order valence-corrected chi connectivity index (χ1v) is 6.92. The van der Waals surface area contributed by atoms with Gasteiger partial charge in [0, 0.05) is 4.47 Å². The van der Waals surface area contributed by atoms with E-state index in [1.807, 2.05) is 0 Å². The minimum Gasteiger partial charge on any atom is -0.481 e. The number of anilines is 1. The SMILES string of the molecule is O=C(O)[C@H]1CC=CC[C@@H]1C(=O)Nc1ccc(Br)cc1F. The van der Waals surface area contributed by atoms with Crippen molar-refractivity contribution in [1.82, 2.24) is 0 Å². The van der Waals surface area contributed by atoms with Crippen molar-refractivity contribution in [2.24, 2.45) is 11.8 Å². The summed E-state index contributed by atoms with van der Waals surface area (Å²) in [6.07, 6.45) is 4.20. The smallest absolute Gasteiger partial charge is 0.307 e. The summed E-state index contributed by atoms with van der Waals surface area (Å²) in [5.74, 6) is -3.49. The number of nitrogens with one attached hydrogen (secondary N) is 1. The molecule has 0 radical (unpaired) electrons. The molecule has 0 aromatic heterocycles. The number of amides is 1. The number of carboxylic acid groups (broad SMARTS) is 1. The van der Waals surface area contributed by atoms with Crippen LogP contribution in [0, 0.1) is 17.7 Å². The van der Waals surface area contributed by atoms with Gasteiger partial charge < -0.3 is 10.4 Å². The fourth-order valence-electron chi connectivity index (χ4n) is 2.19. The zero-order chi connectivity index (χ0) is 14.7. The van der Waals surface area contributed by atoms with Crippen LogP contribution in [-0.2, 0) is 9.59 Å². The lowest BCUT2D eigenvalue weighted by molar-refractivity contribution is -0.146. The normalized spacial score (nSPS) is 21.5. The monoisotopic (exact) mass is 341 g/mol. The highest BCUT2D eigenvalue weighted by atomic mass is 79.9. The molecule has 1 amide bonds. The predicted octanol–water partition coefficient (Wildman–Crippen LogP) is 3.19. The first-order valence-electron chi connectivity index (χ1n) is 6.12. The van der Waals surface area contributed by atoms with Crippen molar-refractivity contribution < 1.29 is 19.1 Å². The van der Waals surface area contributed by atoms with Crippen LogP contribution in [0.4, 0.5) is 10.1 Å². The quantitative estimate of drug-likeness (QED) is 0.829. The highest BCUT2D eigenvalue weighted by molar-refractivity contribution is 9.10. The summed E-state index contributed by atoms with van der Waals surface area (Å²) in [7, 11) is 0. The van der Waals surface area contributed by atoms with Crippen LogP contribution in [0.1, 0.15) is 12.8 Å². The molecule has 0 aliphatic heterocycles. The van der Waals surface area contributed by atoms with Gasteiger partial charge in [0.15, 0.2) is 0 Å². The maximum atomic E-state index is 13.7. The molecule has 2 rings (SSSR count).